The third kappa shape index (κ3) is 3.43. The lowest BCUT2D eigenvalue weighted by atomic mass is 10.0. The van der Waals surface area contributed by atoms with E-state index >= 15 is 0 Å². The van der Waals surface area contributed by atoms with Gasteiger partial charge in [-0.2, -0.15) is 0 Å². The van der Waals surface area contributed by atoms with Crippen molar-refractivity contribution < 1.29 is 4.74 Å². The van der Waals surface area contributed by atoms with E-state index < -0.39 is 0 Å². The van der Waals surface area contributed by atoms with Gasteiger partial charge in [-0.05, 0) is 48.7 Å². The Morgan fingerprint density at radius 2 is 2.06 bits per heavy atom. The van der Waals surface area contributed by atoms with Gasteiger partial charge < -0.3 is 4.74 Å². The highest BCUT2D eigenvalue weighted by Gasteiger charge is 2.27. The second-order valence-electron chi connectivity index (χ2n) is 4.69. The highest BCUT2D eigenvalue weighted by atomic mass is 79.9. The molecule has 17 heavy (non-hydrogen) atoms. The number of aryl methyl sites for hydroxylation is 1. The number of halogens is 1. The lowest BCUT2D eigenvalue weighted by molar-refractivity contribution is 0.0573. The van der Waals surface area contributed by atoms with Crippen molar-refractivity contribution in [1.29, 1.82) is 0 Å². The van der Waals surface area contributed by atoms with Crippen molar-refractivity contribution >= 4 is 15.9 Å². The summed E-state index contributed by atoms with van der Waals surface area (Å²) in [5, 5.41) is 0. The summed E-state index contributed by atoms with van der Waals surface area (Å²) in [4.78, 5) is 0. The van der Waals surface area contributed by atoms with Crippen LogP contribution >= 0.6 is 15.9 Å². The Morgan fingerprint density at radius 3 is 2.65 bits per heavy atom. The van der Waals surface area contributed by atoms with E-state index in [1.165, 1.54) is 15.6 Å². The molecule has 0 bridgehead atoms. The zero-order valence-electron chi connectivity index (χ0n) is 10.4. The minimum Gasteiger partial charge on any atom is -0.371 e. The molecule has 1 fully saturated rings. The predicted molar refractivity (Wildman–Crippen MR) is 75.3 cm³/mol. The molecule has 2 atom stereocenters. The molecule has 2 heteroatoms. The van der Waals surface area contributed by atoms with Crippen molar-refractivity contribution in [3.05, 3.63) is 46.0 Å². The number of hydrogen-bond donors (Lipinski definition) is 0. The Kier molecular flexibility index (Phi) is 4.41. The second-order valence-corrected chi connectivity index (χ2v) is 5.88. The molecule has 0 saturated carbocycles. The summed E-state index contributed by atoms with van der Waals surface area (Å²) in [5.74, 6) is 0. The van der Waals surface area contributed by atoms with Gasteiger partial charge in [0.2, 0.25) is 0 Å². The van der Waals surface area contributed by atoms with Gasteiger partial charge in [0.1, 0.15) is 0 Å². The van der Waals surface area contributed by atoms with Crippen LogP contribution in [0.4, 0.5) is 0 Å². The van der Waals surface area contributed by atoms with E-state index in [0.29, 0.717) is 6.10 Å². The molecule has 2 rings (SSSR count). The molecule has 0 amide bonds. The fourth-order valence-electron chi connectivity index (χ4n) is 2.39. The molecule has 1 aliphatic rings. The summed E-state index contributed by atoms with van der Waals surface area (Å²) in [7, 11) is 0. The fraction of sp³-hybridized carbons (Fsp3) is 0.467. The minimum absolute atomic E-state index is 0.273. The molecule has 0 unspecified atom stereocenters. The lowest BCUT2D eigenvalue weighted by Gasteiger charge is -2.10. The fourth-order valence-corrected chi connectivity index (χ4v) is 2.88. The molecule has 1 aromatic carbocycles. The maximum atomic E-state index is 5.97. The summed E-state index contributed by atoms with van der Waals surface area (Å²) in [6.07, 6.45) is 3.94. The van der Waals surface area contributed by atoms with E-state index in [1.54, 1.807) is 0 Å². The Bertz CT molecular complexity index is 393. The molecular formula is C15H19BrO. The molecule has 1 aromatic rings. The first kappa shape index (κ1) is 12.8. The van der Waals surface area contributed by atoms with E-state index in [1.807, 2.05) is 0 Å². The molecule has 1 aliphatic heterocycles. The second kappa shape index (κ2) is 5.83. The summed E-state index contributed by atoms with van der Waals surface area (Å²) in [6.45, 7) is 4.25. The van der Waals surface area contributed by atoms with Crippen molar-refractivity contribution in [1.82, 2.24) is 0 Å². The maximum Gasteiger partial charge on any atom is 0.0772 e. The number of benzene rings is 1. The molecule has 1 saturated heterocycles. The van der Waals surface area contributed by atoms with Gasteiger partial charge in [0.05, 0.1) is 12.2 Å². The van der Waals surface area contributed by atoms with Crippen LogP contribution in [-0.4, -0.2) is 12.2 Å². The molecule has 0 N–H and O–H groups in total. The molecule has 0 aliphatic carbocycles. The first-order valence-electron chi connectivity index (χ1n) is 6.21. The quantitative estimate of drug-likeness (QED) is 0.799. The smallest absolute Gasteiger partial charge is 0.0772 e. The predicted octanol–water partition coefficient (Wildman–Crippen LogP) is 4.47. The van der Waals surface area contributed by atoms with Crippen molar-refractivity contribution in [3.63, 3.8) is 0 Å². The van der Waals surface area contributed by atoms with E-state index in [-0.39, 0.29) is 6.10 Å². The number of ether oxygens (including phenoxy) is 1. The summed E-state index contributed by atoms with van der Waals surface area (Å²) in [5.41, 5.74) is 2.82. The maximum absolute atomic E-state index is 5.97. The van der Waals surface area contributed by atoms with Gasteiger partial charge in [0, 0.05) is 0 Å². The monoisotopic (exact) mass is 294 g/mol. The van der Waals surface area contributed by atoms with E-state index in [2.05, 4.69) is 60.1 Å². The van der Waals surface area contributed by atoms with Crippen molar-refractivity contribution in [2.24, 2.45) is 0 Å². The van der Waals surface area contributed by atoms with Crippen molar-refractivity contribution in [2.75, 3.05) is 0 Å². The SMILES string of the molecule is C/C(Br)=C1/C[C@H](CCc2ccccc2)O[C@@H]1C. The van der Waals surface area contributed by atoms with Gasteiger partial charge >= 0.3 is 0 Å². The standard InChI is InChI=1S/C15H19BrO/c1-11(16)15-10-14(17-12(15)2)9-8-13-6-4-3-5-7-13/h3-7,12,14H,8-10H2,1-2H3/b15-11+/t12-,14+/m1/s1. The van der Waals surface area contributed by atoms with Crippen LogP contribution in [0, 0.1) is 0 Å². The van der Waals surface area contributed by atoms with E-state index in [4.69, 9.17) is 4.74 Å². The Morgan fingerprint density at radius 1 is 1.35 bits per heavy atom. The normalized spacial score (nSPS) is 27.2. The van der Waals surface area contributed by atoms with Gasteiger partial charge in [0.15, 0.2) is 0 Å². The lowest BCUT2D eigenvalue weighted by Crippen LogP contribution is -2.09. The topological polar surface area (TPSA) is 9.23 Å². The van der Waals surface area contributed by atoms with Gasteiger partial charge in [-0.3, -0.25) is 0 Å². The molecular weight excluding hydrogens is 276 g/mol. The summed E-state index contributed by atoms with van der Waals surface area (Å²) >= 11 is 3.56. The van der Waals surface area contributed by atoms with Gasteiger partial charge in [-0.15, -0.1) is 0 Å². The average Bonchev–Trinajstić information content (AvgIpc) is 2.69. The van der Waals surface area contributed by atoms with Crippen LogP contribution < -0.4 is 0 Å². The van der Waals surface area contributed by atoms with Crippen LogP contribution in [0.5, 0.6) is 0 Å². The van der Waals surface area contributed by atoms with Gasteiger partial charge in [-0.1, -0.05) is 46.3 Å². The van der Waals surface area contributed by atoms with Crippen LogP contribution in [0.3, 0.4) is 0 Å². The molecule has 0 spiro atoms. The zero-order valence-corrected chi connectivity index (χ0v) is 12.0. The van der Waals surface area contributed by atoms with Crippen molar-refractivity contribution in [2.45, 2.75) is 45.3 Å². The average molecular weight is 295 g/mol. The molecule has 1 nitrogen and oxygen atoms in total. The molecule has 92 valence electrons. The molecule has 0 radical (unpaired) electrons. The van der Waals surface area contributed by atoms with Crippen LogP contribution in [-0.2, 0) is 11.2 Å². The Labute approximate surface area is 112 Å². The van der Waals surface area contributed by atoms with E-state index in [9.17, 15) is 0 Å². The molecule has 1 heterocycles. The number of allylic oxidation sites excluding steroid dienone is 1. The summed E-state index contributed by atoms with van der Waals surface area (Å²) < 4.78 is 7.21. The Balaban J connectivity index is 1.89. The van der Waals surface area contributed by atoms with Crippen LogP contribution in [0.1, 0.15) is 32.3 Å². The largest absolute Gasteiger partial charge is 0.371 e. The van der Waals surface area contributed by atoms with Crippen LogP contribution in [0.15, 0.2) is 40.4 Å². The van der Waals surface area contributed by atoms with E-state index in [0.717, 1.165) is 19.3 Å². The molecule has 0 aromatic heterocycles. The van der Waals surface area contributed by atoms with Gasteiger partial charge in [0.25, 0.3) is 0 Å². The first-order chi connectivity index (χ1) is 8.16. The number of rotatable bonds is 3. The van der Waals surface area contributed by atoms with Crippen LogP contribution in [0.2, 0.25) is 0 Å². The zero-order chi connectivity index (χ0) is 12.3. The highest BCUT2D eigenvalue weighted by molar-refractivity contribution is 9.11. The van der Waals surface area contributed by atoms with Crippen molar-refractivity contribution in [3.8, 4) is 0 Å². The number of hydrogen-bond acceptors (Lipinski definition) is 1. The van der Waals surface area contributed by atoms with Gasteiger partial charge in [-0.25, -0.2) is 0 Å². The highest BCUT2D eigenvalue weighted by Crippen LogP contribution is 2.32. The first-order valence-corrected chi connectivity index (χ1v) is 7.00. The minimum atomic E-state index is 0.273. The van der Waals surface area contributed by atoms with Crippen LogP contribution in [0.25, 0.3) is 0 Å². The third-order valence-electron chi connectivity index (χ3n) is 3.38. The summed E-state index contributed by atoms with van der Waals surface area (Å²) in [6, 6.07) is 10.6. The third-order valence-corrected chi connectivity index (χ3v) is 3.88. The Hall–Kier alpha value is -0.600.